The number of piperidine rings is 1. The van der Waals surface area contributed by atoms with Crippen molar-refractivity contribution in [2.75, 3.05) is 18.1 Å². The van der Waals surface area contributed by atoms with E-state index in [1.807, 2.05) is 18.2 Å². The fourth-order valence-corrected chi connectivity index (χ4v) is 4.70. The molecule has 1 aromatic rings. The van der Waals surface area contributed by atoms with Gasteiger partial charge in [-0.25, -0.2) is 0 Å². The van der Waals surface area contributed by atoms with Crippen molar-refractivity contribution in [3.05, 3.63) is 35.9 Å². The molecule has 0 radical (unpaired) electrons. The number of thioether (sulfide) groups is 1. The average Bonchev–Trinajstić information content (AvgIpc) is 2.61. The van der Waals surface area contributed by atoms with Gasteiger partial charge < -0.3 is 15.6 Å². The minimum absolute atomic E-state index is 0.0299. The second kappa shape index (κ2) is 7.76. The van der Waals surface area contributed by atoms with Gasteiger partial charge in [0.05, 0.1) is 6.54 Å². The number of carbonyl (C=O) groups is 2. The number of hydrogen-bond donors (Lipinski definition) is 2. The lowest BCUT2D eigenvalue weighted by Gasteiger charge is -2.51. The number of benzene rings is 1. The summed E-state index contributed by atoms with van der Waals surface area (Å²) in [5.74, 6) is 0.905. The van der Waals surface area contributed by atoms with E-state index in [0.717, 1.165) is 31.6 Å². The zero-order chi connectivity index (χ0) is 17.9. The molecule has 2 aliphatic heterocycles. The van der Waals surface area contributed by atoms with Gasteiger partial charge >= 0.3 is 12.1 Å². The molecule has 3 N–H and O–H groups in total. The van der Waals surface area contributed by atoms with Crippen LogP contribution in [0.3, 0.4) is 0 Å². The summed E-state index contributed by atoms with van der Waals surface area (Å²) < 4.78 is 5.88. The van der Waals surface area contributed by atoms with Gasteiger partial charge in [-0.3, -0.25) is 4.79 Å². The Bertz CT molecular complexity index is 627. The molecule has 2 saturated heterocycles. The number of carboxylic acid groups (broad SMARTS) is 1. The maximum absolute atomic E-state index is 12.2. The Morgan fingerprint density at radius 1 is 1.40 bits per heavy atom. The van der Waals surface area contributed by atoms with Gasteiger partial charge in [0.15, 0.2) is 0 Å². The van der Waals surface area contributed by atoms with E-state index in [2.05, 4.69) is 12.1 Å². The number of carboxylic acids is 1. The van der Waals surface area contributed by atoms with E-state index in [1.54, 1.807) is 11.8 Å². The monoisotopic (exact) mass is 365 g/mol. The second-order valence-electron chi connectivity index (χ2n) is 6.94. The highest BCUT2D eigenvalue weighted by Crippen LogP contribution is 2.41. The van der Waals surface area contributed by atoms with Gasteiger partial charge in [0, 0.05) is 24.2 Å². The first-order valence-electron chi connectivity index (χ1n) is 8.69. The molecule has 1 aromatic carbocycles. The van der Waals surface area contributed by atoms with Crippen molar-refractivity contribution in [3.63, 3.8) is 0 Å². The molecule has 0 spiro atoms. The Labute approximate surface area is 151 Å². The Morgan fingerprint density at radius 3 is 2.80 bits per heavy atom. The van der Waals surface area contributed by atoms with Gasteiger partial charge in [-0.2, -0.15) is 21.0 Å². The fraction of sp³-hybridized carbons (Fsp3) is 0.556. The Morgan fingerprint density at radius 2 is 2.16 bits per heavy atom. The molecule has 25 heavy (non-hydrogen) atoms. The number of quaternary nitrogens is 1. The zero-order valence-corrected chi connectivity index (χ0v) is 15.0. The molecule has 7 heteroatoms. The van der Waals surface area contributed by atoms with Gasteiger partial charge in [0.1, 0.15) is 12.6 Å². The molecule has 2 fully saturated rings. The number of hydrogen-bond acceptors (Lipinski definition) is 5. The molecule has 136 valence electrons. The number of amides is 1. The van der Waals surface area contributed by atoms with Crippen LogP contribution in [0.5, 0.6) is 0 Å². The Kier molecular flexibility index (Phi) is 5.66. The summed E-state index contributed by atoms with van der Waals surface area (Å²) in [5, 5.41) is 8.79. The number of nitrogens with two attached hydrogens (primary N) is 1. The number of aliphatic carboxylic acids is 1. The summed E-state index contributed by atoms with van der Waals surface area (Å²) in [6, 6.07) is 9.31. The van der Waals surface area contributed by atoms with E-state index in [-0.39, 0.29) is 12.3 Å². The minimum atomic E-state index is -0.949. The fourth-order valence-electron chi connectivity index (χ4n) is 3.64. The molecule has 1 amide bonds. The molecular formula is C18H25N2O4S+. The van der Waals surface area contributed by atoms with Crippen molar-refractivity contribution in [1.82, 2.24) is 0 Å². The number of nitrogens with zero attached hydrogens (tertiary/aromatic N) is 1. The van der Waals surface area contributed by atoms with Crippen LogP contribution in [0, 0.1) is 5.92 Å². The summed E-state index contributed by atoms with van der Waals surface area (Å²) in [5.41, 5.74) is 6.68. The molecule has 2 aliphatic rings. The third-order valence-corrected chi connectivity index (χ3v) is 6.33. The van der Waals surface area contributed by atoms with Gasteiger partial charge in [-0.1, -0.05) is 30.3 Å². The normalized spacial score (nSPS) is 29.2. The molecule has 3 unspecified atom stereocenters. The van der Waals surface area contributed by atoms with E-state index in [0.29, 0.717) is 22.7 Å². The number of ether oxygens (including phenoxy) is 1. The van der Waals surface area contributed by atoms with Gasteiger partial charge in [-0.15, -0.1) is 0 Å². The predicted molar refractivity (Wildman–Crippen MR) is 95.8 cm³/mol. The van der Waals surface area contributed by atoms with Crippen molar-refractivity contribution in [1.29, 1.82) is 0 Å². The summed E-state index contributed by atoms with van der Waals surface area (Å²) in [6.45, 7) is 1.53. The quantitative estimate of drug-likeness (QED) is 0.543. The van der Waals surface area contributed by atoms with E-state index < -0.39 is 12.0 Å². The molecule has 6 nitrogen and oxygen atoms in total. The molecular weight excluding hydrogens is 340 g/mol. The lowest BCUT2D eigenvalue weighted by atomic mass is 9.89. The first kappa shape index (κ1) is 18.2. The van der Waals surface area contributed by atoms with Gasteiger partial charge in [-0.05, 0) is 18.1 Å². The van der Waals surface area contributed by atoms with E-state index >= 15 is 0 Å². The number of fused-ring (bicyclic) bond motifs is 1. The standard InChI is InChI=1S/C18H24N2O4S/c19-15(17(21)22)12-25-9-7-13-6-8-20(16(10-13)24-18(20)23)11-14-4-2-1-3-5-14/h1-5,13,15-16H,6-12,19H2/p+1/t13?,15-,16?,20?/m0/s1. The summed E-state index contributed by atoms with van der Waals surface area (Å²) in [7, 11) is 0. The van der Waals surface area contributed by atoms with Crippen LogP contribution in [0.15, 0.2) is 30.3 Å². The van der Waals surface area contributed by atoms with Crippen LogP contribution in [0.2, 0.25) is 0 Å². The van der Waals surface area contributed by atoms with Crippen molar-refractivity contribution < 1.29 is 23.9 Å². The lowest BCUT2D eigenvalue weighted by Crippen LogP contribution is -2.72. The number of carbonyl (C=O) groups excluding carboxylic acids is 1. The summed E-state index contributed by atoms with van der Waals surface area (Å²) in [6.07, 6.45) is 2.77. The summed E-state index contributed by atoms with van der Waals surface area (Å²) >= 11 is 1.59. The first-order valence-corrected chi connectivity index (χ1v) is 9.85. The van der Waals surface area contributed by atoms with Crippen LogP contribution in [0.4, 0.5) is 4.79 Å². The van der Waals surface area contributed by atoms with E-state index in [4.69, 9.17) is 15.6 Å². The SMILES string of the molecule is N[C@@H](CSCCC1CC[N+]2(Cc3ccccc3)C(=O)OC2C1)C(=O)O. The number of rotatable bonds is 8. The first-order chi connectivity index (χ1) is 12.0. The van der Waals surface area contributed by atoms with Crippen molar-refractivity contribution in [2.24, 2.45) is 11.7 Å². The van der Waals surface area contributed by atoms with Crippen molar-refractivity contribution in [3.8, 4) is 0 Å². The predicted octanol–water partition coefficient (Wildman–Crippen LogP) is 2.42. The molecule has 0 bridgehead atoms. The molecule has 0 aromatic heterocycles. The third-order valence-electron chi connectivity index (χ3n) is 5.22. The highest BCUT2D eigenvalue weighted by atomic mass is 32.2. The smallest absolute Gasteiger partial charge is 0.480 e. The maximum Gasteiger partial charge on any atom is 0.523 e. The van der Waals surface area contributed by atoms with Crippen molar-refractivity contribution in [2.45, 2.75) is 38.1 Å². The molecule has 4 atom stereocenters. The van der Waals surface area contributed by atoms with E-state index in [1.165, 1.54) is 5.56 Å². The minimum Gasteiger partial charge on any atom is -0.480 e. The average molecular weight is 365 g/mol. The Hall–Kier alpha value is -1.57. The van der Waals surface area contributed by atoms with Crippen LogP contribution < -0.4 is 5.73 Å². The van der Waals surface area contributed by atoms with Crippen LogP contribution >= 0.6 is 11.8 Å². The highest BCUT2D eigenvalue weighted by molar-refractivity contribution is 7.99. The van der Waals surface area contributed by atoms with Crippen LogP contribution in [0.25, 0.3) is 0 Å². The van der Waals surface area contributed by atoms with E-state index in [9.17, 15) is 9.59 Å². The molecule has 3 rings (SSSR count). The molecule has 0 aliphatic carbocycles. The summed E-state index contributed by atoms with van der Waals surface area (Å²) in [4.78, 5) is 22.9. The second-order valence-corrected chi connectivity index (χ2v) is 8.09. The van der Waals surface area contributed by atoms with Crippen LogP contribution in [0.1, 0.15) is 24.8 Å². The third kappa shape index (κ3) is 3.99. The van der Waals surface area contributed by atoms with Crippen LogP contribution in [-0.2, 0) is 16.1 Å². The maximum atomic E-state index is 12.2. The van der Waals surface area contributed by atoms with Gasteiger partial charge in [0.25, 0.3) is 6.23 Å². The Balaban J connectivity index is 1.48. The zero-order valence-electron chi connectivity index (χ0n) is 14.2. The van der Waals surface area contributed by atoms with Crippen LogP contribution in [-0.4, -0.2) is 52.0 Å². The van der Waals surface area contributed by atoms with Crippen molar-refractivity contribution >= 4 is 23.8 Å². The molecule has 0 saturated carbocycles. The van der Waals surface area contributed by atoms with Gasteiger partial charge in [0.2, 0.25) is 0 Å². The lowest BCUT2D eigenvalue weighted by molar-refractivity contribution is -0.968. The molecule has 2 heterocycles. The topological polar surface area (TPSA) is 89.6 Å². The highest BCUT2D eigenvalue weighted by Gasteiger charge is 2.60. The largest absolute Gasteiger partial charge is 0.523 e.